The number of nitrogens with zero attached hydrogens (tertiary/aromatic N) is 3. The molecule has 3 aliphatic carbocycles. The lowest BCUT2D eigenvalue weighted by atomic mass is 9.58. The van der Waals surface area contributed by atoms with Gasteiger partial charge in [-0.15, -0.1) is 0 Å². The van der Waals surface area contributed by atoms with Gasteiger partial charge in [-0.2, -0.15) is 13.2 Å². The molecule has 10 nitrogen and oxygen atoms in total. The predicted octanol–water partition coefficient (Wildman–Crippen LogP) is 9.36. The summed E-state index contributed by atoms with van der Waals surface area (Å²) >= 11 is 0. The second-order valence-corrected chi connectivity index (χ2v) is 22.7. The Labute approximate surface area is 344 Å². The molecule has 4 aromatic rings. The minimum absolute atomic E-state index is 0.0107. The lowest BCUT2D eigenvalue weighted by Crippen LogP contribution is -2.65. The number of aliphatic hydroxyl groups excluding tert-OH is 1. The van der Waals surface area contributed by atoms with Crippen LogP contribution < -0.4 is 9.47 Å². The molecule has 1 aromatic heterocycles. The van der Waals surface area contributed by atoms with E-state index in [0.29, 0.717) is 0 Å². The quantitative estimate of drug-likeness (QED) is 0.147. The lowest BCUT2D eigenvalue weighted by molar-refractivity contribution is -0.139. The molecule has 0 saturated heterocycles. The van der Waals surface area contributed by atoms with E-state index in [-0.39, 0.29) is 77.8 Å². The average Bonchev–Trinajstić information content (AvgIpc) is 3.57. The number of hydrogen-bond donors (Lipinski definition) is 1. The van der Waals surface area contributed by atoms with E-state index in [1.54, 1.807) is 33.1 Å². The van der Waals surface area contributed by atoms with Gasteiger partial charge in [0.25, 0.3) is 5.88 Å². The summed E-state index contributed by atoms with van der Waals surface area (Å²) in [5, 5.41) is 16.7. The van der Waals surface area contributed by atoms with Crippen molar-refractivity contribution in [3.8, 4) is 11.6 Å². The molecule has 0 aliphatic heterocycles. The van der Waals surface area contributed by atoms with Crippen LogP contribution in [0.5, 0.6) is 11.6 Å². The summed E-state index contributed by atoms with van der Waals surface area (Å²) in [6, 6.07) is 19.0. The molecular weight excluding hydrogens is 780 g/mol. The van der Waals surface area contributed by atoms with Crippen molar-refractivity contribution in [1.29, 1.82) is 0 Å². The van der Waals surface area contributed by atoms with Crippen LogP contribution in [0.25, 0.3) is 0 Å². The van der Waals surface area contributed by atoms with Gasteiger partial charge in [-0.1, -0.05) is 81.4 Å². The molecule has 0 fully saturated rings. The molecule has 1 N–H and O–H groups in total. The molecule has 0 radical (unpaired) electrons. The van der Waals surface area contributed by atoms with Gasteiger partial charge >= 0.3 is 6.18 Å². The maximum atomic E-state index is 15.6. The number of carbonyl (C=O) groups is 2. The molecule has 0 unspecified atom stereocenters. The van der Waals surface area contributed by atoms with Crippen LogP contribution in [0, 0.1) is 11.8 Å². The van der Waals surface area contributed by atoms with E-state index in [0.717, 1.165) is 11.1 Å². The number of ketones is 2. The van der Waals surface area contributed by atoms with Crippen molar-refractivity contribution in [2.75, 3.05) is 28.2 Å². The number of fused-ring (bicyclic) bond motifs is 4. The third kappa shape index (κ3) is 7.42. The number of aromatic nitrogens is 1. The Bertz CT molecular complexity index is 2280. The zero-order valence-corrected chi connectivity index (χ0v) is 36.0. The Balaban J connectivity index is 1.46. The molecule has 7 rings (SSSR count). The monoisotopic (exact) mass is 831 g/mol. The van der Waals surface area contributed by atoms with Crippen LogP contribution in [0.1, 0.15) is 87.5 Å². The number of halogens is 3. The molecular formula is C45H52F3N3O7Si. The summed E-state index contributed by atoms with van der Waals surface area (Å²) in [4.78, 5) is 34.2. The normalized spacial score (nSPS) is 22.0. The Morgan fingerprint density at radius 2 is 1.51 bits per heavy atom. The number of ether oxygens (including phenoxy) is 2. The predicted molar refractivity (Wildman–Crippen MR) is 218 cm³/mol. The minimum Gasteiger partial charge on any atom is -0.508 e. The summed E-state index contributed by atoms with van der Waals surface area (Å²) in [5.41, 5.74) is -2.13. The van der Waals surface area contributed by atoms with Crippen molar-refractivity contribution in [2.24, 2.45) is 11.8 Å². The smallest absolute Gasteiger partial charge is 0.417 e. The van der Waals surface area contributed by atoms with E-state index in [9.17, 15) is 5.11 Å². The van der Waals surface area contributed by atoms with Crippen LogP contribution >= 0.6 is 0 Å². The number of allylic oxidation sites excluding steroid dienone is 1. The molecule has 0 saturated carbocycles. The van der Waals surface area contributed by atoms with Crippen molar-refractivity contribution in [3.05, 3.63) is 123 Å². The zero-order chi connectivity index (χ0) is 42.8. The van der Waals surface area contributed by atoms with E-state index in [2.05, 4.69) is 5.16 Å². The highest BCUT2D eigenvalue weighted by atomic mass is 28.4. The zero-order valence-electron chi connectivity index (χ0n) is 35.0. The summed E-state index contributed by atoms with van der Waals surface area (Å²) in [6.45, 7) is 9.87. The van der Waals surface area contributed by atoms with Gasteiger partial charge < -0.3 is 28.4 Å². The molecule has 3 aliphatic rings. The van der Waals surface area contributed by atoms with Crippen molar-refractivity contribution in [3.63, 3.8) is 0 Å². The Kier molecular flexibility index (Phi) is 11.0. The number of aliphatic hydroxyl groups is 1. The fourth-order valence-corrected chi connectivity index (χ4v) is 10.2. The molecule has 3 aromatic carbocycles. The van der Waals surface area contributed by atoms with E-state index >= 15 is 22.8 Å². The fraction of sp³-hybridized carbons (Fsp3) is 0.444. The first-order chi connectivity index (χ1) is 27.7. The van der Waals surface area contributed by atoms with Crippen molar-refractivity contribution >= 4 is 19.9 Å². The molecule has 4 atom stereocenters. The van der Waals surface area contributed by atoms with Crippen LogP contribution in [-0.2, 0) is 36.8 Å². The summed E-state index contributed by atoms with van der Waals surface area (Å²) in [7, 11) is 3.90. The summed E-state index contributed by atoms with van der Waals surface area (Å²) < 4.78 is 71.6. The van der Waals surface area contributed by atoms with Gasteiger partial charge in [0.2, 0.25) is 5.78 Å². The first kappa shape index (κ1) is 42.4. The largest absolute Gasteiger partial charge is 0.508 e. The van der Waals surface area contributed by atoms with Crippen LogP contribution in [0.2, 0.25) is 18.1 Å². The molecule has 14 heteroatoms. The Morgan fingerprint density at radius 1 is 0.915 bits per heavy atom. The van der Waals surface area contributed by atoms with E-state index < -0.39 is 65.9 Å². The average molecular weight is 832 g/mol. The van der Waals surface area contributed by atoms with Crippen molar-refractivity contribution < 1.29 is 46.3 Å². The summed E-state index contributed by atoms with van der Waals surface area (Å²) in [5.74, 6) is -3.85. The van der Waals surface area contributed by atoms with Crippen LogP contribution in [0.3, 0.4) is 0 Å². The van der Waals surface area contributed by atoms with Gasteiger partial charge in [0, 0.05) is 18.0 Å². The van der Waals surface area contributed by atoms with Crippen LogP contribution in [-0.4, -0.2) is 73.7 Å². The number of benzene rings is 3. The van der Waals surface area contributed by atoms with Gasteiger partial charge in [-0.25, -0.2) is 0 Å². The maximum Gasteiger partial charge on any atom is 0.417 e. The van der Waals surface area contributed by atoms with Crippen LogP contribution in [0.15, 0.2) is 82.6 Å². The van der Waals surface area contributed by atoms with Crippen LogP contribution in [0.4, 0.5) is 13.2 Å². The Morgan fingerprint density at radius 3 is 2.05 bits per heavy atom. The maximum absolute atomic E-state index is 15.6. The van der Waals surface area contributed by atoms with E-state index in [4.69, 9.17) is 18.4 Å². The van der Waals surface area contributed by atoms with E-state index in [1.807, 2.05) is 99.4 Å². The number of hydrogen-bond acceptors (Lipinski definition) is 10. The third-order valence-corrected chi connectivity index (χ3v) is 16.8. The highest BCUT2D eigenvalue weighted by Gasteiger charge is 2.67. The third-order valence-electron chi connectivity index (χ3n) is 12.4. The van der Waals surface area contributed by atoms with Crippen molar-refractivity contribution in [1.82, 2.24) is 15.0 Å². The minimum atomic E-state index is -4.82. The summed E-state index contributed by atoms with van der Waals surface area (Å²) in [6.07, 6.45) is -5.05. The number of carbonyl (C=O) groups excluding carboxylic acids is 2. The number of alkyl halides is 3. The van der Waals surface area contributed by atoms with Gasteiger partial charge in [-0.05, 0) is 98.6 Å². The molecule has 314 valence electrons. The van der Waals surface area contributed by atoms with Gasteiger partial charge in [0.15, 0.2) is 25.5 Å². The fourth-order valence-electron chi connectivity index (χ4n) is 8.75. The highest BCUT2D eigenvalue weighted by molar-refractivity contribution is 6.74. The second kappa shape index (κ2) is 15.4. The van der Waals surface area contributed by atoms with Crippen molar-refractivity contribution in [2.45, 2.75) is 89.3 Å². The molecule has 0 spiro atoms. The molecule has 59 heavy (non-hydrogen) atoms. The highest BCUT2D eigenvalue weighted by Crippen LogP contribution is 2.60. The second-order valence-electron chi connectivity index (χ2n) is 17.9. The number of Topliss-reactive ketones (excluding diaryl/α,β-unsaturated/α-hetero) is 2. The first-order valence-electron chi connectivity index (χ1n) is 19.8. The first-order valence-corrected chi connectivity index (χ1v) is 22.7. The Hall–Kier alpha value is -4.76. The van der Waals surface area contributed by atoms with E-state index in [1.165, 1.54) is 6.07 Å². The molecule has 1 heterocycles. The van der Waals surface area contributed by atoms with Gasteiger partial charge in [0.05, 0.1) is 17.2 Å². The number of rotatable bonds is 11. The standard InChI is InChI=1S/C45H52F3N3O7Si/c1-43(2,3)59(8,9)58-44-31(37(51(6)7)39-35(41(44)54)42(49-57-39)56-25-27-18-14-11-15-19-27)21-28-20-30-34(38(52)33(28)40(44)53)32(55-24-26-16-12-10-13-17-26)22-29(23-50(4)5)36(30)45(46,47)48/h10-19,22,28,31,37,53H,20-21,23-25H2,1-9H3/t28-,31-,37-,44-/m0/s1. The lowest BCUT2D eigenvalue weighted by Gasteiger charge is -2.55. The van der Waals surface area contributed by atoms with Gasteiger partial charge in [0.1, 0.15) is 30.3 Å². The topological polar surface area (TPSA) is 115 Å². The molecule has 0 bridgehead atoms. The van der Waals surface area contributed by atoms with Gasteiger partial charge in [-0.3, -0.25) is 14.5 Å². The molecule has 0 amide bonds. The SMILES string of the molecule is CN(C)Cc1cc(OCc2ccccc2)c2c(c1C(F)(F)F)C[C@H]1C[C@H]3[C@H](N(C)C)c4onc(OCc5ccccc5)c4C(=O)[C@@]3(O[Si](C)(C)C(C)(C)C)C(O)=C1C2=O.